The van der Waals surface area contributed by atoms with E-state index in [-0.39, 0.29) is 9.97 Å². The van der Waals surface area contributed by atoms with E-state index >= 15 is 0 Å². The third kappa shape index (κ3) is 1.68. The molecule has 0 amide bonds. The van der Waals surface area contributed by atoms with Crippen molar-refractivity contribution in [3.8, 4) is 0 Å². The number of fused-ring (bicyclic) bond motifs is 1. The van der Waals surface area contributed by atoms with Crippen LogP contribution in [-0.4, -0.2) is 9.03 Å². The molecule has 1 aromatic carbocycles. The summed E-state index contributed by atoms with van der Waals surface area (Å²) in [4.78, 5) is 0. The Labute approximate surface area is 120 Å². The van der Waals surface area contributed by atoms with E-state index < -0.39 is 5.60 Å². The van der Waals surface area contributed by atoms with Gasteiger partial charge < -0.3 is 5.11 Å². The van der Waals surface area contributed by atoms with Gasteiger partial charge in [-0.2, -0.15) is 4.57 Å². The first-order valence-corrected chi connectivity index (χ1v) is 7.29. The van der Waals surface area contributed by atoms with Crippen molar-refractivity contribution in [2.75, 3.05) is 0 Å². The van der Waals surface area contributed by atoms with Crippen LogP contribution in [0.4, 0.5) is 0 Å². The summed E-state index contributed by atoms with van der Waals surface area (Å²) in [7, 11) is 0. The van der Waals surface area contributed by atoms with Crippen molar-refractivity contribution in [3.05, 3.63) is 66.0 Å². The molecular formula is C15H15INO+. The molecule has 0 aliphatic carbocycles. The molecule has 0 radical (unpaired) electrons. The Kier molecular flexibility index (Phi) is 2.90. The van der Waals surface area contributed by atoms with Gasteiger partial charge in [-0.15, -0.1) is 0 Å². The van der Waals surface area contributed by atoms with Crippen LogP contribution in [0.25, 0.3) is 0 Å². The van der Waals surface area contributed by atoms with E-state index in [9.17, 15) is 5.11 Å². The average Bonchev–Trinajstić information content (AvgIpc) is 2.60. The van der Waals surface area contributed by atoms with Crippen molar-refractivity contribution in [3.63, 3.8) is 0 Å². The number of aromatic nitrogens is 1. The lowest BCUT2D eigenvalue weighted by Gasteiger charge is -2.18. The lowest BCUT2D eigenvalue weighted by molar-refractivity contribution is -0.707. The van der Waals surface area contributed by atoms with E-state index in [4.69, 9.17) is 0 Å². The Morgan fingerprint density at radius 2 is 1.78 bits per heavy atom. The SMILES string of the molecule is CC1(O)c2cccc[n+]2C(c2ccccc2)C1I. The fraction of sp³-hybridized carbons (Fsp3) is 0.267. The molecule has 1 N–H and O–H groups in total. The summed E-state index contributed by atoms with van der Waals surface area (Å²) in [6.45, 7) is 1.90. The van der Waals surface area contributed by atoms with Crippen LogP contribution in [0.3, 0.4) is 0 Å². The second kappa shape index (κ2) is 4.31. The highest BCUT2D eigenvalue weighted by molar-refractivity contribution is 14.1. The molecule has 3 atom stereocenters. The van der Waals surface area contributed by atoms with Gasteiger partial charge >= 0.3 is 0 Å². The summed E-state index contributed by atoms with van der Waals surface area (Å²) in [6, 6.07) is 16.6. The fourth-order valence-electron chi connectivity index (χ4n) is 2.70. The highest BCUT2D eigenvalue weighted by Crippen LogP contribution is 2.41. The smallest absolute Gasteiger partial charge is 0.214 e. The van der Waals surface area contributed by atoms with Crippen LogP contribution in [0.1, 0.15) is 24.2 Å². The van der Waals surface area contributed by atoms with E-state index in [1.54, 1.807) is 0 Å². The van der Waals surface area contributed by atoms with Crippen LogP contribution in [0.5, 0.6) is 0 Å². The molecule has 3 rings (SSSR count). The first-order valence-electron chi connectivity index (χ1n) is 6.04. The second-order valence-corrected chi connectivity index (χ2v) is 6.24. The number of benzene rings is 1. The number of pyridine rings is 1. The summed E-state index contributed by atoms with van der Waals surface area (Å²) >= 11 is 2.36. The highest BCUT2D eigenvalue weighted by Gasteiger charge is 2.54. The second-order valence-electron chi connectivity index (χ2n) is 4.90. The van der Waals surface area contributed by atoms with Crippen molar-refractivity contribution < 1.29 is 9.67 Å². The summed E-state index contributed by atoms with van der Waals surface area (Å²) < 4.78 is 2.31. The van der Waals surface area contributed by atoms with E-state index in [2.05, 4.69) is 57.6 Å². The number of aliphatic hydroxyl groups is 1. The first kappa shape index (κ1) is 12.1. The number of rotatable bonds is 1. The molecule has 0 spiro atoms. The first-order chi connectivity index (χ1) is 8.62. The molecule has 1 aromatic heterocycles. The van der Waals surface area contributed by atoms with Crippen LogP contribution >= 0.6 is 22.6 Å². The van der Waals surface area contributed by atoms with E-state index in [1.807, 2.05) is 31.2 Å². The highest BCUT2D eigenvalue weighted by atomic mass is 127. The third-order valence-electron chi connectivity index (χ3n) is 3.66. The number of halogens is 1. The molecule has 1 aliphatic heterocycles. The lowest BCUT2D eigenvalue weighted by Crippen LogP contribution is -2.40. The third-order valence-corrected chi connectivity index (χ3v) is 5.56. The topological polar surface area (TPSA) is 24.1 Å². The minimum Gasteiger partial charge on any atom is -0.378 e. The summed E-state index contributed by atoms with van der Waals surface area (Å²) in [5, 5.41) is 10.7. The Morgan fingerprint density at radius 3 is 2.50 bits per heavy atom. The van der Waals surface area contributed by atoms with Gasteiger partial charge in [0.2, 0.25) is 5.69 Å². The molecule has 2 heterocycles. The summed E-state index contributed by atoms with van der Waals surface area (Å²) in [5.74, 6) is 0. The molecule has 0 bridgehead atoms. The normalized spacial score (nSPS) is 30.2. The van der Waals surface area contributed by atoms with Gasteiger partial charge in [0, 0.05) is 17.7 Å². The molecule has 2 aromatic rings. The summed E-state index contributed by atoms with van der Waals surface area (Å²) in [5.41, 5.74) is 1.44. The number of nitrogens with zero attached hydrogens (tertiary/aromatic N) is 1. The molecule has 0 fully saturated rings. The van der Waals surface area contributed by atoms with Crippen LogP contribution in [0, 0.1) is 0 Å². The maximum absolute atomic E-state index is 10.7. The van der Waals surface area contributed by atoms with Crippen LogP contribution in [-0.2, 0) is 5.60 Å². The van der Waals surface area contributed by atoms with Gasteiger partial charge in [-0.3, -0.25) is 0 Å². The van der Waals surface area contributed by atoms with E-state index in [0.717, 1.165) is 5.69 Å². The number of hydrogen-bond donors (Lipinski definition) is 1. The monoisotopic (exact) mass is 352 g/mol. The van der Waals surface area contributed by atoms with Gasteiger partial charge in [0.05, 0.1) is 0 Å². The predicted octanol–water partition coefficient (Wildman–Crippen LogP) is 2.59. The molecule has 1 aliphatic rings. The quantitative estimate of drug-likeness (QED) is 0.476. The van der Waals surface area contributed by atoms with Crippen molar-refractivity contribution in [2.45, 2.75) is 22.5 Å². The Morgan fingerprint density at radius 1 is 1.11 bits per heavy atom. The maximum atomic E-state index is 10.7. The van der Waals surface area contributed by atoms with Gasteiger partial charge in [-0.25, -0.2) is 0 Å². The minimum atomic E-state index is -0.789. The van der Waals surface area contributed by atoms with Crippen molar-refractivity contribution in [2.24, 2.45) is 0 Å². The van der Waals surface area contributed by atoms with Gasteiger partial charge in [-0.05, 0) is 13.0 Å². The van der Waals surface area contributed by atoms with Gasteiger partial charge in [0.25, 0.3) is 0 Å². The van der Waals surface area contributed by atoms with Gasteiger partial charge in [0.1, 0.15) is 3.92 Å². The zero-order valence-electron chi connectivity index (χ0n) is 10.1. The number of hydrogen-bond acceptors (Lipinski definition) is 1. The molecule has 18 heavy (non-hydrogen) atoms. The van der Waals surface area contributed by atoms with E-state index in [1.165, 1.54) is 5.56 Å². The largest absolute Gasteiger partial charge is 0.378 e. The molecule has 0 saturated carbocycles. The average molecular weight is 352 g/mol. The Hall–Kier alpha value is -0.940. The van der Waals surface area contributed by atoms with Gasteiger partial charge in [-0.1, -0.05) is 52.9 Å². The maximum Gasteiger partial charge on any atom is 0.214 e. The minimum absolute atomic E-state index is 0.125. The van der Waals surface area contributed by atoms with Crippen molar-refractivity contribution in [1.29, 1.82) is 0 Å². The molecule has 3 unspecified atom stereocenters. The standard InChI is InChI=1S/C15H15INO/c1-15(18)12-9-5-6-10-17(12)13(14(15)16)11-7-3-2-4-8-11/h2-10,13-14,18H,1H3/q+1. The molecule has 92 valence electrons. The van der Waals surface area contributed by atoms with Crippen LogP contribution < -0.4 is 4.57 Å². The van der Waals surface area contributed by atoms with E-state index in [0.29, 0.717) is 0 Å². The summed E-state index contributed by atoms with van der Waals surface area (Å²) in [6.07, 6.45) is 2.06. The van der Waals surface area contributed by atoms with Crippen molar-refractivity contribution >= 4 is 22.6 Å². The van der Waals surface area contributed by atoms with Crippen LogP contribution in [0.2, 0.25) is 0 Å². The Bertz CT molecular complexity index is 568. The molecule has 2 nitrogen and oxygen atoms in total. The van der Waals surface area contributed by atoms with Crippen molar-refractivity contribution in [1.82, 2.24) is 0 Å². The lowest BCUT2D eigenvalue weighted by atomic mass is 9.95. The predicted molar refractivity (Wildman–Crippen MR) is 78.6 cm³/mol. The Balaban J connectivity index is 2.18. The zero-order chi connectivity index (χ0) is 12.8. The molecule has 3 heteroatoms. The van der Waals surface area contributed by atoms with Crippen LogP contribution in [0.15, 0.2) is 54.7 Å². The van der Waals surface area contributed by atoms with Gasteiger partial charge in [0.15, 0.2) is 17.8 Å². The zero-order valence-corrected chi connectivity index (χ0v) is 12.3. The number of alkyl halides is 1. The molecular weight excluding hydrogens is 337 g/mol. The molecule has 0 saturated heterocycles. The fourth-order valence-corrected chi connectivity index (χ4v) is 3.78.